The molecule has 1 unspecified atom stereocenters. The molecule has 2 nitrogen and oxygen atoms in total. The molecule has 0 aliphatic rings. The SMILES string of the molecule is Cc1cc(C)cc(C(C)Cc2nc3ccccc3[nH]2)c1. The number of benzene rings is 2. The first-order chi connectivity index (χ1) is 9.61. The highest BCUT2D eigenvalue weighted by molar-refractivity contribution is 5.74. The number of hydrogen-bond acceptors (Lipinski definition) is 1. The van der Waals surface area contributed by atoms with E-state index in [2.05, 4.69) is 61.1 Å². The van der Waals surface area contributed by atoms with Crippen LogP contribution >= 0.6 is 0 Å². The van der Waals surface area contributed by atoms with Crippen LogP contribution < -0.4 is 0 Å². The number of aromatic nitrogens is 2. The highest BCUT2D eigenvalue weighted by Crippen LogP contribution is 2.23. The molecular formula is C18H20N2. The molecule has 1 atom stereocenters. The Hall–Kier alpha value is -2.09. The summed E-state index contributed by atoms with van der Waals surface area (Å²) < 4.78 is 0. The molecule has 3 aromatic rings. The normalized spacial score (nSPS) is 12.8. The van der Waals surface area contributed by atoms with Crippen LogP contribution in [0.4, 0.5) is 0 Å². The number of nitrogens with one attached hydrogen (secondary N) is 1. The first-order valence-corrected chi connectivity index (χ1v) is 7.13. The molecule has 0 amide bonds. The monoisotopic (exact) mass is 264 g/mol. The van der Waals surface area contributed by atoms with E-state index in [-0.39, 0.29) is 0 Å². The van der Waals surface area contributed by atoms with Gasteiger partial charge in [-0.25, -0.2) is 4.98 Å². The fourth-order valence-electron chi connectivity index (χ4n) is 2.80. The number of nitrogens with zero attached hydrogens (tertiary/aromatic N) is 1. The number of hydrogen-bond donors (Lipinski definition) is 1. The lowest BCUT2D eigenvalue weighted by Gasteiger charge is -2.12. The van der Waals surface area contributed by atoms with Crippen molar-refractivity contribution in [2.75, 3.05) is 0 Å². The average Bonchev–Trinajstić information content (AvgIpc) is 2.79. The van der Waals surface area contributed by atoms with Crippen molar-refractivity contribution in [3.8, 4) is 0 Å². The number of para-hydroxylation sites is 2. The number of rotatable bonds is 3. The van der Waals surface area contributed by atoms with Crippen LogP contribution in [0.1, 0.15) is 35.4 Å². The molecule has 0 fully saturated rings. The first-order valence-electron chi connectivity index (χ1n) is 7.13. The number of H-pyrrole nitrogens is 1. The fourth-order valence-corrected chi connectivity index (χ4v) is 2.80. The van der Waals surface area contributed by atoms with E-state index in [0.717, 1.165) is 23.3 Å². The van der Waals surface area contributed by atoms with Gasteiger partial charge in [0.25, 0.3) is 0 Å². The molecule has 0 aliphatic carbocycles. The van der Waals surface area contributed by atoms with E-state index >= 15 is 0 Å². The third kappa shape index (κ3) is 2.60. The topological polar surface area (TPSA) is 28.7 Å². The van der Waals surface area contributed by atoms with Crippen LogP contribution in [0.3, 0.4) is 0 Å². The van der Waals surface area contributed by atoms with Crippen molar-refractivity contribution in [2.45, 2.75) is 33.1 Å². The first kappa shape index (κ1) is 12.9. The molecule has 2 heteroatoms. The van der Waals surface area contributed by atoms with Crippen LogP contribution in [-0.2, 0) is 6.42 Å². The van der Waals surface area contributed by atoms with Gasteiger partial charge in [0.1, 0.15) is 5.82 Å². The van der Waals surface area contributed by atoms with Crippen molar-refractivity contribution in [1.82, 2.24) is 9.97 Å². The Morgan fingerprint density at radius 2 is 1.75 bits per heavy atom. The van der Waals surface area contributed by atoms with Gasteiger partial charge in [-0.3, -0.25) is 0 Å². The van der Waals surface area contributed by atoms with Crippen LogP contribution in [0.25, 0.3) is 11.0 Å². The third-order valence-electron chi connectivity index (χ3n) is 3.75. The van der Waals surface area contributed by atoms with Gasteiger partial charge in [0.05, 0.1) is 11.0 Å². The van der Waals surface area contributed by atoms with Crippen molar-refractivity contribution in [2.24, 2.45) is 0 Å². The minimum Gasteiger partial charge on any atom is -0.342 e. The Balaban J connectivity index is 1.86. The van der Waals surface area contributed by atoms with Crippen LogP contribution in [-0.4, -0.2) is 9.97 Å². The van der Waals surface area contributed by atoms with Gasteiger partial charge in [-0.05, 0) is 37.5 Å². The molecule has 1 N–H and O–H groups in total. The number of aryl methyl sites for hydroxylation is 2. The highest BCUT2D eigenvalue weighted by Gasteiger charge is 2.10. The lowest BCUT2D eigenvalue weighted by Crippen LogP contribution is -2.01. The molecule has 0 saturated carbocycles. The summed E-state index contributed by atoms with van der Waals surface area (Å²) in [5.41, 5.74) is 6.22. The van der Waals surface area contributed by atoms with E-state index in [0.29, 0.717) is 5.92 Å². The third-order valence-corrected chi connectivity index (χ3v) is 3.75. The number of imidazole rings is 1. The van der Waals surface area contributed by atoms with Crippen molar-refractivity contribution < 1.29 is 0 Å². The summed E-state index contributed by atoms with van der Waals surface area (Å²) in [4.78, 5) is 8.08. The largest absolute Gasteiger partial charge is 0.342 e. The minimum atomic E-state index is 0.467. The Labute approximate surface area is 119 Å². The second kappa shape index (κ2) is 5.12. The van der Waals surface area contributed by atoms with Crippen molar-refractivity contribution in [3.63, 3.8) is 0 Å². The Bertz CT molecular complexity index is 687. The van der Waals surface area contributed by atoms with Gasteiger partial charge in [0.15, 0.2) is 0 Å². The van der Waals surface area contributed by atoms with Crippen LogP contribution in [0.15, 0.2) is 42.5 Å². The molecule has 1 heterocycles. The smallest absolute Gasteiger partial charge is 0.107 e. The van der Waals surface area contributed by atoms with Gasteiger partial charge in [0.2, 0.25) is 0 Å². The molecule has 3 rings (SSSR count). The van der Waals surface area contributed by atoms with E-state index in [1.807, 2.05) is 12.1 Å². The summed E-state index contributed by atoms with van der Waals surface area (Å²) in [7, 11) is 0. The predicted molar refractivity (Wildman–Crippen MR) is 84.1 cm³/mol. The van der Waals surface area contributed by atoms with Crippen molar-refractivity contribution >= 4 is 11.0 Å². The van der Waals surface area contributed by atoms with E-state index in [9.17, 15) is 0 Å². The van der Waals surface area contributed by atoms with Gasteiger partial charge < -0.3 is 4.98 Å². The van der Waals surface area contributed by atoms with Gasteiger partial charge >= 0.3 is 0 Å². The predicted octanol–water partition coefficient (Wildman–Crippen LogP) is 4.53. The molecule has 102 valence electrons. The summed E-state index contributed by atoms with van der Waals surface area (Å²) >= 11 is 0. The lowest BCUT2D eigenvalue weighted by atomic mass is 9.94. The molecule has 0 radical (unpaired) electrons. The Morgan fingerprint density at radius 3 is 2.45 bits per heavy atom. The maximum atomic E-state index is 4.67. The Morgan fingerprint density at radius 1 is 1.05 bits per heavy atom. The standard InChI is InChI=1S/C18H20N2/c1-12-8-13(2)10-15(9-12)14(3)11-18-19-16-6-4-5-7-17(16)20-18/h4-10,14H,11H2,1-3H3,(H,19,20). The number of aromatic amines is 1. The second-order valence-electron chi connectivity index (χ2n) is 5.73. The zero-order valence-corrected chi connectivity index (χ0v) is 12.3. The van der Waals surface area contributed by atoms with Crippen LogP contribution in [0, 0.1) is 13.8 Å². The highest BCUT2D eigenvalue weighted by atomic mass is 14.9. The molecule has 20 heavy (non-hydrogen) atoms. The molecule has 0 spiro atoms. The van der Waals surface area contributed by atoms with Gasteiger partial charge in [-0.2, -0.15) is 0 Å². The molecule has 0 saturated heterocycles. The Kier molecular flexibility index (Phi) is 3.31. The average molecular weight is 264 g/mol. The zero-order valence-electron chi connectivity index (χ0n) is 12.3. The van der Waals surface area contributed by atoms with Gasteiger partial charge in [0, 0.05) is 6.42 Å². The van der Waals surface area contributed by atoms with E-state index in [1.165, 1.54) is 16.7 Å². The van der Waals surface area contributed by atoms with Gasteiger partial charge in [-0.15, -0.1) is 0 Å². The van der Waals surface area contributed by atoms with E-state index in [1.54, 1.807) is 0 Å². The number of fused-ring (bicyclic) bond motifs is 1. The molecule has 0 bridgehead atoms. The van der Waals surface area contributed by atoms with Gasteiger partial charge in [-0.1, -0.05) is 48.4 Å². The van der Waals surface area contributed by atoms with E-state index in [4.69, 9.17) is 0 Å². The zero-order chi connectivity index (χ0) is 14.1. The maximum Gasteiger partial charge on any atom is 0.107 e. The quantitative estimate of drug-likeness (QED) is 0.740. The van der Waals surface area contributed by atoms with Crippen LogP contribution in [0.2, 0.25) is 0 Å². The summed E-state index contributed by atoms with van der Waals surface area (Å²) in [6.45, 7) is 6.58. The lowest BCUT2D eigenvalue weighted by molar-refractivity contribution is 0.727. The molecule has 1 aromatic heterocycles. The summed E-state index contributed by atoms with van der Waals surface area (Å²) in [5.74, 6) is 1.53. The van der Waals surface area contributed by atoms with Crippen molar-refractivity contribution in [3.05, 3.63) is 65.0 Å². The fraction of sp³-hybridized carbons (Fsp3) is 0.278. The summed E-state index contributed by atoms with van der Waals surface area (Å²) in [6.07, 6.45) is 0.942. The summed E-state index contributed by atoms with van der Waals surface area (Å²) in [6, 6.07) is 15.0. The summed E-state index contributed by atoms with van der Waals surface area (Å²) in [5, 5.41) is 0. The minimum absolute atomic E-state index is 0.467. The molecular weight excluding hydrogens is 244 g/mol. The molecule has 0 aliphatic heterocycles. The second-order valence-corrected chi connectivity index (χ2v) is 5.73. The van der Waals surface area contributed by atoms with Crippen LogP contribution in [0.5, 0.6) is 0 Å². The molecule has 2 aromatic carbocycles. The maximum absolute atomic E-state index is 4.67. The van der Waals surface area contributed by atoms with Crippen molar-refractivity contribution in [1.29, 1.82) is 0 Å². The van der Waals surface area contributed by atoms with E-state index < -0.39 is 0 Å².